The zero-order valence-electron chi connectivity index (χ0n) is 11.4. The van der Waals surface area contributed by atoms with Crippen LogP contribution in [0.5, 0.6) is 0 Å². The molecule has 0 radical (unpaired) electrons. The number of nitrogens with one attached hydrogen (secondary N) is 2. The van der Waals surface area contributed by atoms with Gasteiger partial charge in [0.05, 0.1) is 0 Å². The van der Waals surface area contributed by atoms with Gasteiger partial charge in [0.1, 0.15) is 5.52 Å². The van der Waals surface area contributed by atoms with Crippen LogP contribution in [0.15, 0.2) is 47.5 Å². The lowest BCUT2D eigenvalue weighted by Crippen LogP contribution is -2.35. The van der Waals surface area contributed by atoms with E-state index in [1.807, 2.05) is 12.3 Å². The smallest absolute Gasteiger partial charge is 0.272 e. The Morgan fingerprint density at radius 3 is 2.48 bits per heavy atom. The van der Waals surface area contributed by atoms with Gasteiger partial charge in [-0.2, -0.15) is 0 Å². The van der Waals surface area contributed by atoms with Crippen molar-refractivity contribution in [2.45, 2.75) is 24.7 Å². The molecule has 3 nitrogen and oxygen atoms in total. The Labute approximate surface area is 135 Å². The van der Waals surface area contributed by atoms with Gasteiger partial charge in [0.15, 0.2) is 0 Å². The molecule has 2 N–H and O–H groups in total. The molecule has 1 fully saturated rings. The predicted octanol–water partition coefficient (Wildman–Crippen LogP) is 3.93. The molecule has 0 aliphatic heterocycles. The number of halogens is 1. The van der Waals surface area contributed by atoms with Gasteiger partial charge in [0, 0.05) is 26.8 Å². The molecule has 0 amide bonds. The predicted molar refractivity (Wildman–Crippen MR) is 92.7 cm³/mol. The normalized spacial score (nSPS) is 16.8. The first-order valence-electron chi connectivity index (χ1n) is 7.16. The summed E-state index contributed by atoms with van der Waals surface area (Å²) in [4.78, 5) is 17.8. The summed E-state index contributed by atoms with van der Waals surface area (Å²) in [7, 11) is 0. The number of aromatic amines is 2. The largest absolute Gasteiger partial charge is 0.356 e. The van der Waals surface area contributed by atoms with Crippen LogP contribution in [-0.4, -0.2) is 9.97 Å². The van der Waals surface area contributed by atoms with Crippen LogP contribution in [-0.2, 0) is 5.41 Å². The number of aromatic nitrogens is 2. The third kappa shape index (κ3) is 1.88. The fraction of sp³-hybridized carbons (Fsp3) is 0.235. The molecule has 1 aliphatic carbocycles. The Bertz CT molecular complexity index is 856. The standard InChI is InChI=1S/C17H15IN2O/c18-12-4-2-11(3-5-12)17(7-1-8-17)14-10-20-15-13(14)6-9-19-16(15)21/h2-6,9-10,20H,1,7-8H2,(H,19,21). The Kier molecular flexibility index (Phi) is 2.96. The molecular formula is C17H15IN2O. The number of benzene rings is 1. The molecule has 0 spiro atoms. The van der Waals surface area contributed by atoms with E-state index in [1.54, 1.807) is 6.20 Å². The third-order valence-corrected chi connectivity index (χ3v) is 5.45. The van der Waals surface area contributed by atoms with Gasteiger partial charge >= 0.3 is 0 Å². The van der Waals surface area contributed by atoms with Crippen LogP contribution < -0.4 is 5.56 Å². The summed E-state index contributed by atoms with van der Waals surface area (Å²) >= 11 is 2.34. The minimum Gasteiger partial charge on any atom is -0.356 e. The number of pyridine rings is 1. The Hall–Kier alpha value is -1.56. The van der Waals surface area contributed by atoms with Crippen LogP contribution in [0.25, 0.3) is 10.9 Å². The second kappa shape index (κ2) is 4.73. The van der Waals surface area contributed by atoms with E-state index in [1.165, 1.54) is 21.1 Å². The molecule has 3 aromatic rings. The first kappa shape index (κ1) is 13.1. The molecule has 2 heterocycles. The van der Waals surface area contributed by atoms with Crippen LogP contribution in [0.4, 0.5) is 0 Å². The fourth-order valence-corrected chi connectivity index (χ4v) is 3.84. The molecule has 1 aliphatic rings. The van der Waals surface area contributed by atoms with E-state index in [-0.39, 0.29) is 11.0 Å². The second-order valence-electron chi connectivity index (χ2n) is 5.74. The molecule has 0 atom stereocenters. The highest BCUT2D eigenvalue weighted by atomic mass is 127. The maximum absolute atomic E-state index is 11.9. The van der Waals surface area contributed by atoms with Crippen molar-refractivity contribution in [3.63, 3.8) is 0 Å². The molecule has 0 bridgehead atoms. The average molecular weight is 390 g/mol. The zero-order valence-corrected chi connectivity index (χ0v) is 13.6. The Morgan fingerprint density at radius 2 is 1.81 bits per heavy atom. The summed E-state index contributed by atoms with van der Waals surface area (Å²) in [6.45, 7) is 0. The molecule has 1 saturated carbocycles. The molecule has 106 valence electrons. The van der Waals surface area contributed by atoms with Gasteiger partial charge < -0.3 is 9.97 Å². The van der Waals surface area contributed by atoms with Crippen molar-refractivity contribution < 1.29 is 0 Å². The minimum absolute atomic E-state index is 0.0455. The van der Waals surface area contributed by atoms with Crippen LogP contribution in [0.1, 0.15) is 30.4 Å². The highest BCUT2D eigenvalue weighted by Crippen LogP contribution is 2.50. The van der Waals surface area contributed by atoms with Gasteiger partial charge in [-0.05, 0) is 64.8 Å². The molecule has 4 rings (SSSR count). The fourth-order valence-electron chi connectivity index (χ4n) is 3.48. The summed E-state index contributed by atoms with van der Waals surface area (Å²) in [6, 6.07) is 10.8. The molecule has 21 heavy (non-hydrogen) atoms. The van der Waals surface area contributed by atoms with E-state index in [9.17, 15) is 4.79 Å². The topological polar surface area (TPSA) is 48.6 Å². The summed E-state index contributed by atoms with van der Waals surface area (Å²) in [6.07, 6.45) is 7.29. The lowest BCUT2D eigenvalue weighted by molar-refractivity contribution is 0.304. The highest BCUT2D eigenvalue weighted by Gasteiger charge is 2.41. The van der Waals surface area contributed by atoms with Gasteiger partial charge in [-0.25, -0.2) is 0 Å². The van der Waals surface area contributed by atoms with E-state index >= 15 is 0 Å². The van der Waals surface area contributed by atoms with Gasteiger partial charge in [0.25, 0.3) is 5.56 Å². The van der Waals surface area contributed by atoms with Crippen LogP contribution in [0.3, 0.4) is 0 Å². The average Bonchev–Trinajstić information content (AvgIpc) is 2.86. The van der Waals surface area contributed by atoms with Crippen molar-refractivity contribution in [2.75, 3.05) is 0 Å². The maximum Gasteiger partial charge on any atom is 0.272 e. The number of fused-ring (bicyclic) bond motifs is 1. The summed E-state index contributed by atoms with van der Waals surface area (Å²) in [5, 5.41) is 1.05. The van der Waals surface area contributed by atoms with E-state index in [4.69, 9.17) is 0 Å². The molecule has 0 unspecified atom stereocenters. The van der Waals surface area contributed by atoms with E-state index in [2.05, 4.69) is 56.8 Å². The summed E-state index contributed by atoms with van der Waals surface area (Å²) in [5.74, 6) is 0. The number of hydrogen-bond donors (Lipinski definition) is 2. The molecule has 0 saturated heterocycles. The number of hydrogen-bond acceptors (Lipinski definition) is 1. The Morgan fingerprint density at radius 1 is 1.05 bits per heavy atom. The van der Waals surface area contributed by atoms with Gasteiger partial charge in [-0.15, -0.1) is 0 Å². The van der Waals surface area contributed by atoms with Crippen molar-refractivity contribution in [1.82, 2.24) is 9.97 Å². The second-order valence-corrected chi connectivity index (χ2v) is 6.99. The van der Waals surface area contributed by atoms with Gasteiger partial charge in [-0.3, -0.25) is 4.79 Å². The third-order valence-electron chi connectivity index (χ3n) is 4.73. The first-order valence-corrected chi connectivity index (χ1v) is 8.24. The Balaban J connectivity index is 1.94. The van der Waals surface area contributed by atoms with Gasteiger partial charge in [-0.1, -0.05) is 18.6 Å². The lowest BCUT2D eigenvalue weighted by Gasteiger charge is -2.42. The maximum atomic E-state index is 11.9. The highest BCUT2D eigenvalue weighted by molar-refractivity contribution is 14.1. The van der Waals surface area contributed by atoms with Gasteiger partial charge in [0.2, 0.25) is 0 Å². The summed E-state index contributed by atoms with van der Waals surface area (Å²) in [5.41, 5.74) is 3.32. The number of rotatable bonds is 2. The van der Waals surface area contributed by atoms with Crippen molar-refractivity contribution in [2.24, 2.45) is 0 Å². The molecule has 1 aromatic carbocycles. The van der Waals surface area contributed by atoms with Crippen molar-refractivity contribution in [3.8, 4) is 0 Å². The molecule has 2 aromatic heterocycles. The van der Waals surface area contributed by atoms with E-state index in [0.29, 0.717) is 5.52 Å². The number of H-pyrrole nitrogens is 2. The quantitative estimate of drug-likeness (QED) is 0.640. The first-order chi connectivity index (χ1) is 10.2. The van der Waals surface area contributed by atoms with E-state index in [0.717, 1.165) is 18.2 Å². The van der Waals surface area contributed by atoms with Crippen LogP contribution in [0, 0.1) is 3.57 Å². The van der Waals surface area contributed by atoms with E-state index < -0.39 is 0 Å². The van der Waals surface area contributed by atoms with Crippen LogP contribution in [0.2, 0.25) is 0 Å². The molecular weight excluding hydrogens is 375 g/mol. The zero-order chi connectivity index (χ0) is 14.4. The lowest BCUT2D eigenvalue weighted by atomic mass is 9.60. The van der Waals surface area contributed by atoms with Crippen molar-refractivity contribution in [3.05, 3.63) is 67.8 Å². The SMILES string of the molecule is O=c1[nH]ccc2c(C3(c4ccc(I)cc4)CCC3)c[nH]c12. The minimum atomic E-state index is -0.0455. The van der Waals surface area contributed by atoms with Crippen molar-refractivity contribution in [1.29, 1.82) is 0 Å². The van der Waals surface area contributed by atoms with Crippen LogP contribution >= 0.6 is 22.6 Å². The summed E-state index contributed by atoms with van der Waals surface area (Å²) < 4.78 is 1.25. The molecule has 4 heteroatoms. The van der Waals surface area contributed by atoms with Crippen molar-refractivity contribution >= 4 is 33.5 Å². The monoisotopic (exact) mass is 390 g/mol.